The fourth-order valence-electron chi connectivity index (χ4n) is 3.63. The van der Waals surface area contributed by atoms with E-state index in [0.717, 1.165) is 18.2 Å². The molecule has 5 nitrogen and oxygen atoms in total. The van der Waals surface area contributed by atoms with Crippen LogP contribution < -0.4 is 10.6 Å². The summed E-state index contributed by atoms with van der Waals surface area (Å²) in [5.41, 5.74) is 7.35. The lowest BCUT2D eigenvalue weighted by atomic mass is 9.91. The van der Waals surface area contributed by atoms with Gasteiger partial charge in [0, 0.05) is 18.8 Å². The molecule has 19 heavy (non-hydrogen) atoms. The van der Waals surface area contributed by atoms with Crippen molar-refractivity contribution in [2.24, 2.45) is 16.8 Å². The smallest absolute Gasteiger partial charge is 0.190 e. The summed E-state index contributed by atoms with van der Waals surface area (Å²) in [5, 5.41) is 12.0. The van der Waals surface area contributed by atoms with Crippen molar-refractivity contribution < 1.29 is 5.21 Å². The van der Waals surface area contributed by atoms with Crippen LogP contribution in [-0.4, -0.2) is 28.6 Å². The van der Waals surface area contributed by atoms with E-state index in [9.17, 15) is 0 Å². The highest BCUT2D eigenvalue weighted by Gasteiger charge is 2.36. The lowest BCUT2D eigenvalue weighted by Gasteiger charge is -2.40. The molecule has 0 aromatic carbocycles. The number of oxime groups is 1. The predicted octanol–water partition coefficient (Wildman–Crippen LogP) is 1.94. The van der Waals surface area contributed by atoms with Crippen molar-refractivity contribution in [1.82, 2.24) is 4.98 Å². The molecule has 3 N–H and O–H groups in total. The topological polar surface area (TPSA) is 74.7 Å². The van der Waals surface area contributed by atoms with Gasteiger partial charge in [0.2, 0.25) is 0 Å². The van der Waals surface area contributed by atoms with Gasteiger partial charge in [-0.2, -0.15) is 0 Å². The van der Waals surface area contributed by atoms with E-state index >= 15 is 0 Å². The average Bonchev–Trinajstić information content (AvgIpc) is 2.94. The van der Waals surface area contributed by atoms with E-state index in [1.807, 2.05) is 12.1 Å². The van der Waals surface area contributed by atoms with E-state index in [-0.39, 0.29) is 5.84 Å². The monoisotopic (exact) mass is 260 g/mol. The van der Waals surface area contributed by atoms with Crippen LogP contribution in [0, 0.1) is 5.92 Å². The van der Waals surface area contributed by atoms with Crippen LogP contribution >= 0.6 is 0 Å². The van der Waals surface area contributed by atoms with E-state index < -0.39 is 0 Å². The minimum absolute atomic E-state index is 0.0933. The lowest BCUT2D eigenvalue weighted by Crippen LogP contribution is -2.43. The summed E-state index contributed by atoms with van der Waals surface area (Å²) >= 11 is 0. The van der Waals surface area contributed by atoms with Crippen LogP contribution in [0.4, 0.5) is 5.69 Å². The van der Waals surface area contributed by atoms with Crippen LogP contribution in [0.5, 0.6) is 0 Å². The number of nitrogens with two attached hydrogens (primary N) is 1. The second-order valence-electron chi connectivity index (χ2n) is 5.45. The quantitative estimate of drug-likeness (QED) is 0.369. The number of aromatic nitrogens is 1. The zero-order valence-electron chi connectivity index (χ0n) is 11.0. The fraction of sp³-hybridized carbons (Fsp3) is 0.571. The summed E-state index contributed by atoms with van der Waals surface area (Å²) in [6.07, 6.45) is 8.12. The first-order chi connectivity index (χ1) is 9.31. The van der Waals surface area contributed by atoms with E-state index in [2.05, 4.69) is 15.0 Å². The van der Waals surface area contributed by atoms with Crippen molar-refractivity contribution >= 4 is 11.5 Å². The summed E-state index contributed by atoms with van der Waals surface area (Å²) in [5.74, 6) is 0.893. The first-order valence-electron chi connectivity index (χ1n) is 7.01. The number of rotatable bonds is 2. The third-order valence-electron chi connectivity index (χ3n) is 4.44. The third-order valence-corrected chi connectivity index (χ3v) is 4.44. The van der Waals surface area contributed by atoms with Crippen molar-refractivity contribution in [1.29, 1.82) is 0 Å². The normalized spacial score (nSPS) is 27.4. The standard InChI is InChI=1S/C14H20N4O/c15-14(17-19)13-12(7-2-8-16-13)18-9-3-5-10-4-1-6-11(10)18/h2,7-8,10-11,19H,1,3-6,9H2,(H2,15,17). The van der Waals surface area contributed by atoms with Gasteiger partial charge < -0.3 is 15.8 Å². The molecule has 3 rings (SSSR count). The molecule has 5 heteroatoms. The Kier molecular flexibility index (Phi) is 3.27. The van der Waals surface area contributed by atoms with E-state index in [4.69, 9.17) is 10.9 Å². The van der Waals surface area contributed by atoms with Gasteiger partial charge in [-0.3, -0.25) is 4.98 Å². The third kappa shape index (κ3) is 2.13. The Hall–Kier alpha value is -1.78. The molecule has 2 fully saturated rings. The molecule has 1 aliphatic heterocycles. The van der Waals surface area contributed by atoms with Crippen LogP contribution in [0.15, 0.2) is 23.5 Å². The highest BCUT2D eigenvalue weighted by molar-refractivity contribution is 6.00. The first-order valence-corrected chi connectivity index (χ1v) is 7.01. The van der Waals surface area contributed by atoms with Crippen molar-refractivity contribution in [3.05, 3.63) is 24.0 Å². The summed E-state index contributed by atoms with van der Waals surface area (Å²) in [6, 6.07) is 4.55. The molecule has 0 bridgehead atoms. The zero-order valence-corrected chi connectivity index (χ0v) is 11.0. The van der Waals surface area contributed by atoms with Crippen molar-refractivity contribution in [2.75, 3.05) is 11.4 Å². The summed E-state index contributed by atoms with van der Waals surface area (Å²) in [6.45, 7) is 1.04. The predicted molar refractivity (Wildman–Crippen MR) is 74.5 cm³/mol. The number of nitrogens with zero attached hydrogens (tertiary/aromatic N) is 3. The van der Waals surface area contributed by atoms with Crippen LogP contribution in [-0.2, 0) is 0 Å². The Morgan fingerprint density at radius 1 is 1.37 bits per heavy atom. The number of fused-ring (bicyclic) bond motifs is 1. The van der Waals surface area contributed by atoms with E-state index in [1.165, 1.54) is 32.1 Å². The average molecular weight is 260 g/mol. The summed E-state index contributed by atoms with van der Waals surface area (Å²) < 4.78 is 0. The van der Waals surface area contributed by atoms with Gasteiger partial charge in [0.05, 0.1) is 5.69 Å². The van der Waals surface area contributed by atoms with Gasteiger partial charge in [-0.05, 0) is 43.7 Å². The number of hydrogen-bond acceptors (Lipinski definition) is 4. The van der Waals surface area contributed by atoms with Gasteiger partial charge in [-0.25, -0.2) is 0 Å². The molecule has 0 spiro atoms. The number of piperidine rings is 1. The number of pyridine rings is 1. The molecule has 102 valence electrons. The van der Waals surface area contributed by atoms with Gasteiger partial charge in [-0.15, -0.1) is 0 Å². The molecule has 0 amide bonds. The van der Waals surface area contributed by atoms with Gasteiger partial charge in [-0.1, -0.05) is 11.6 Å². The Bertz CT molecular complexity index is 488. The lowest BCUT2D eigenvalue weighted by molar-refractivity contribution is 0.318. The molecule has 1 saturated heterocycles. The number of hydrogen-bond donors (Lipinski definition) is 2. The zero-order chi connectivity index (χ0) is 13.2. The molecular formula is C14H20N4O. The molecule has 1 aromatic rings. The Morgan fingerprint density at radius 3 is 3.05 bits per heavy atom. The highest BCUT2D eigenvalue weighted by atomic mass is 16.4. The summed E-state index contributed by atoms with van der Waals surface area (Å²) in [7, 11) is 0. The Labute approximate surface area is 113 Å². The van der Waals surface area contributed by atoms with Crippen LogP contribution in [0.3, 0.4) is 0 Å². The Balaban J connectivity index is 1.97. The molecule has 2 heterocycles. The van der Waals surface area contributed by atoms with Crippen molar-refractivity contribution in [3.8, 4) is 0 Å². The molecule has 1 saturated carbocycles. The van der Waals surface area contributed by atoms with Crippen LogP contribution in [0.1, 0.15) is 37.8 Å². The SMILES string of the molecule is N/C(=N/O)c1ncccc1N1CCCC2CCCC21. The molecule has 2 aliphatic rings. The van der Waals surface area contributed by atoms with Crippen molar-refractivity contribution in [3.63, 3.8) is 0 Å². The number of anilines is 1. The van der Waals surface area contributed by atoms with Crippen LogP contribution in [0.2, 0.25) is 0 Å². The molecule has 0 radical (unpaired) electrons. The highest BCUT2D eigenvalue weighted by Crippen LogP contribution is 2.39. The maximum absolute atomic E-state index is 8.90. The number of amidine groups is 1. The van der Waals surface area contributed by atoms with Gasteiger partial charge >= 0.3 is 0 Å². The molecule has 1 aliphatic carbocycles. The minimum atomic E-state index is 0.0933. The second-order valence-corrected chi connectivity index (χ2v) is 5.45. The maximum Gasteiger partial charge on any atom is 0.190 e. The van der Waals surface area contributed by atoms with E-state index in [0.29, 0.717) is 11.7 Å². The molecule has 1 aromatic heterocycles. The van der Waals surface area contributed by atoms with Crippen molar-refractivity contribution in [2.45, 2.75) is 38.1 Å². The van der Waals surface area contributed by atoms with Gasteiger partial charge in [0.15, 0.2) is 5.84 Å². The Morgan fingerprint density at radius 2 is 2.21 bits per heavy atom. The molecule has 2 unspecified atom stereocenters. The largest absolute Gasteiger partial charge is 0.409 e. The second kappa shape index (κ2) is 5.07. The van der Waals surface area contributed by atoms with Gasteiger partial charge in [0.25, 0.3) is 0 Å². The molecule has 2 atom stereocenters. The fourth-order valence-corrected chi connectivity index (χ4v) is 3.63. The maximum atomic E-state index is 8.90. The van der Waals surface area contributed by atoms with Gasteiger partial charge in [0.1, 0.15) is 5.69 Å². The van der Waals surface area contributed by atoms with Crippen LogP contribution in [0.25, 0.3) is 0 Å². The first kappa shape index (κ1) is 12.3. The van der Waals surface area contributed by atoms with E-state index in [1.54, 1.807) is 6.20 Å². The summed E-state index contributed by atoms with van der Waals surface area (Å²) in [4.78, 5) is 6.70. The molecular weight excluding hydrogens is 240 g/mol. The minimum Gasteiger partial charge on any atom is -0.409 e.